The van der Waals surface area contributed by atoms with Crippen molar-refractivity contribution in [3.63, 3.8) is 0 Å². The predicted molar refractivity (Wildman–Crippen MR) is 57.3 cm³/mol. The maximum atomic E-state index is 12.1. The average molecular weight is 220 g/mol. The first kappa shape index (κ1) is 9.47. The van der Waals surface area contributed by atoms with E-state index in [2.05, 4.69) is 4.98 Å². The summed E-state index contributed by atoms with van der Waals surface area (Å²) in [6, 6.07) is 3.55. The summed E-state index contributed by atoms with van der Waals surface area (Å²) < 4.78 is 10.4. The number of hydrogen-bond acceptors (Lipinski definition) is 3. The van der Waals surface area contributed by atoms with E-state index in [1.165, 1.54) is 0 Å². The Hall–Kier alpha value is -1.75. The van der Waals surface area contributed by atoms with Gasteiger partial charge in [0, 0.05) is 25.2 Å². The van der Waals surface area contributed by atoms with E-state index >= 15 is 0 Å². The smallest absolute Gasteiger partial charge is 0.270 e. The van der Waals surface area contributed by atoms with Gasteiger partial charge in [0.25, 0.3) is 5.91 Å². The van der Waals surface area contributed by atoms with Gasteiger partial charge in [-0.15, -0.1) is 0 Å². The molecule has 0 spiro atoms. The highest BCUT2D eigenvalue weighted by molar-refractivity contribution is 5.96. The van der Waals surface area contributed by atoms with Crippen molar-refractivity contribution in [1.82, 2.24) is 9.88 Å². The number of fused-ring (bicyclic) bond motifs is 1. The van der Waals surface area contributed by atoms with Crippen LogP contribution in [0, 0.1) is 0 Å². The highest BCUT2D eigenvalue weighted by atomic mass is 16.5. The highest BCUT2D eigenvalue weighted by Crippen LogP contribution is 2.17. The van der Waals surface area contributed by atoms with Crippen LogP contribution in [-0.4, -0.2) is 42.1 Å². The second kappa shape index (κ2) is 3.68. The Morgan fingerprint density at radius 3 is 2.94 bits per heavy atom. The van der Waals surface area contributed by atoms with E-state index in [0.717, 1.165) is 11.1 Å². The molecule has 0 aliphatic carbocycles. The van der Waals surface area contributed by atoms with Crippen LogP contribution >= 0.6 is 0 Å². The maximum absolute atomic E-state index is 12.1. The molecule has 1 amide bonds. The number of H-pyrrole nitrogens is 1. The first-order valence-corrected chi connectivity index (χ1v) is 5.28. The zero-order valence-electron chi connectivity index (χ0n) is 8.73. The standard InChI is InChI=1S/C11H12N2O3/c14-11(13-2-5-15-6-3-13)9-7-10-8(12-9)1-4-16-10/h1,4,7,12H,2-3,5-6H2. The molecule has 2 aromatic rings. The van der Waals surface area contributed by atoms with E-state index in [-0.39, 0.29) is 5.91 Å². The molecular weight excluding hydrogens is 208 g/mol. The van der Waals surface area contributed by atoms with Gasteiger partial charge in [-0.3, -0.25) is 4.79 Å². The molecule has 3 rings (SSSR count). The van der Waals surface area contributed by atoms with Gasteiger partial charge >= 0.3 is 0 Å². The summed E-state index contributed by atoms with van der Waals surface area (Å²) in [5, 5.41) is 0. The van der Waals surface area contributed by atoms with Gasteiger partial charge < -0.3 is 19.0 Å². The number of nitrogens with one attached hydrogen (secondary N) is 1. The van der Waals surface area contributed by atoms with E-state index < -0.39 is 0 Å². The minimum Gasteiger partial charge on any atom is -0.463 e. The van der Waals surface area contributed by atoms with E-state index in [4.69, 9.17) is 9.15 Å². The van der Waals surface area contributed by atoms with Crippen LogP contribution in [-0.2, 0) is 4.74 Å². The minimum atomic E-state index is 0.00898. The van der Waals surface area contributed by atoms with E-state index in [9.17, 15) is 4.79 Å². The molecule has 2 aromatic heterocycles. The highest BCUT2D eigenvalue weighted by Gasteiger charge is 2.20. The van der Waals surface area contributed by atoms with Gasteiger partial charge in [-0.1, -0.05) is 0 Å². The number of nitrogens with zero attached hydrogens (tertiary/aromatic N) is 1. The molecule has 5 heteroatoms. The number of morpholine rings is 1. The van der Waals surface area contributed by atoms with Crippen molar-refractivity contribution < 1.29 is 13.9 Å². The maximum Gasteiger partial charge on any atom is 0.270 e. The van der Waals surface area contributed by atoms with Crippen molar-refractivity contribution in [2.75, 3.05) is 26.3 Å². The quantitative estimate of drug-likeness (QED) is 0.786. The lowest BCUT2D eigenvalue weighted by atomic mass is 10.3. The number of carbonyl (C=O) groups is 1. The molecule has 0 saturated carbocycles. The zero-order valence-corrected chi connectivity index (χ0v) is 8.73. The number of amides is 1. The lowest BCUT2D eigenvalue weighted by Crippen LogP contribution is -2.40. The van der Waals surface area contributed by atoms with Gasteiger partial charge in [0.05, 0.1) is 25.0 Å². The van der Waals surface area contributed by atoms with Crippen LogP contribution in [0.3, 0.4) is 0 Å². The Kier molecular flexibility index (Phi) is 2.18. The third-order valence-electron chi connectivity index (χ3n) is 2.77. The molecule has 1 fully saturated rings. The molecule has 3 heterocycles. The molecule has 1 saturated heterocycles. The lowest BCUT2D eigenvalue weighted by Gasteiger charge is -2.26. The number of furan rings is 1. The second-order valence-electron chi connectivity index (χ2n) is 3.79. The van der Waals surface area contributed by atoms with Gasteiger partial charge in [-0.2, -0.15) is 0 Å². The normalized spacial score (nSPS) is 16.9. The summed E-state index contributed by atoms with van der Waals surface area (Å²) in [5.74, 6) is 0.00898. The van der Waals surface area contributed by atoms with Gasteiger partial charge in [0.2, 0.25) is 0 Å². The lowest BCUT2D eigenvalue weighted by molar-refractivity contribution is 0.0299. The number of ether oxygens (including phenoxy) is 1. The summed E-state index contributed by atoms with van der Waals surface area (Å²) in [6.45, 7) is 2.53. The number of aromatic amines is 1. The minimum absolute atomic E-state index is 0.00898. The molecule has 1 aliphatic rings. The van der Waals surface area contributed by atoms with Crippen LogP contribution in [0.2, 0.25) is 0 Å². The summed E-state index contributed by atoms with van der Waals surface area (Å²) >= 11 is 0. The Morgan fingerprint density at radius 2 is 2.19 bits per heavy atom. The molecule has 84 valence electrons. The molecule has 16 heavy (non-hydrogen) atoms. The molecule has 1 aliphatic heterocycles. The Labute approximate surface area is 92.0 Å². The van der Waals surface area contributed by atoms with E-state index in [1.807, 2.05) is 6.07 Å². The van der Waals surface area contributed by atoms with Gasteiger partial charge in [0.15, 0.2) is 5.58 Å². The molecule has 0 unspecified atom stereocenters. The Balaban J connectivity index is 1.86. The number of rotatable bonds is 1. The SMILES string of the molecule is O=C(c1cc2occc2[nH]1)N1CCOCC1. The summed E-state index contributed by atoms with van der Waals surface area (Å²) in [4.78, 5) is 16.9. The molecule has 0 radical (unpaired) electrons. The van der Waals surface area contributed by atoms with Crippen LogP contribution < -0.4 is 0 Å². The summed E-state index contributed by atoms with van der Waals surface area (Å²) in [7, 11) is 0. The van der Waals surface area contributed by atoms with Crippen molar-refractivity contribution in [3.8, 4) is 0 Å². The number of hydrogen-bond donors (Lipinski definition) is 1. The summed E-state index contributed by atoms with van der Waals surface area (Å²) in [5.41, 5.74) is 2.16. The molecule has 5 nitrogen and oxygen atoms in total. The van der Waals surface area contributed by atoms with E-state index in [1.54, 1.807) is 17.2 Å². The third kappa shape index (κ3) is 1.49. The van der Waals surface area contributed by atoms with Crippen molar-refractivity contribution in [2.24, 2.45) is 0 Å². The fourth-order valence-electron chi connectivity index (χ4n) is 1.90. The fourth-order valence-corrected chi connectivity index (χ4v) is 1.90. The predicted octanol–water partition coefficient (Wildman–Crippen LogP) is 1.23. The van der Waals surface area contributed by atoms with Gasteiger partial charge in [-0.05, 0) is 0 Å². The first-order valence-electron chi connectivity index (χ1n) is 5.28. The number of aromatic nitrogens is 1. The average Bonchev–Trinajstić information content (AvgIpc) is 2.89. The summed E-state index contributed by atoms with van der Waals surface area (Å²) in [6.07, 6.45) is 1.60. The monoisotopic (exact) mass is 220 g/mol. The van der Waals surface area contributed by atoms with Gasteiger partial charge in [0.1, 0.15) is 5.69 Å². The topological polar surface area (TPSA) is 58.5 Å². The van der Waals surface area contributed by atoms with Crippen molar-refractivity contribution >= 4 is 17.0 Å². The zero-order chi connectivity index (χ0) is 11.0. The second-order valence-corrected chi connectivity index (χ2v) is 3.79. The van der Waals surface area contributed by atoms with Crippen LogP contribution in [0.5, 0.6) is 0 Å². The largest absolute Gasteiger partial charge is 0.463 e. The molecule has 0 atom stereocenters. The Bertz CT molecular complexity index is 480. The van der Waals surface area contributed by atoms with Crippen LogP contribution in [0.15, 0.2) is 22.8 Å². The molecule has 0 bridgehead atoms. The molecule has 0 aromatic carbocycles. The molecular formula is C11H12N2O3. The van der Waals surface area contributed by atoms with Crippen molar-refractivity contribution in [1.29, 1.82) is 0 Å². The third-order valence-corrected chi connectivity index (χ3v) is 2.77. The fraction of sp³-hybridized carbons (Fsp3) is 0.364. The van der Waals surface area contributed by atoms with Gasteiger partial charge in [-0.25, -0.2) is 0 Å². The van der Waals surface area contributed by atoms with Crippen LogP contribution in [0.25, 0.3) is 11.1 Å². The Morgan fingerprint density at radius 1 is 1.38 bits per heavy atom. The first-order chi connectivity index (χ1) is 7.84. The van der Waals surface area contributed by atoms with Crippen molar-refractivity contribution in [3.05, 3.63) is 24.1 Å². The molecule has 1 N–H and O–H groups in total. The van der Waals surface area contributed by atoms with Crippen LogP contribution in [0.4, 0.5) is 0 Å². The number of carbonyl (C=O) groups excluding carboxylic acids is 1. The van der Waals surface area contributed by atoms with E-state index in [0.29, 0.717) is 32.0 Å². The van der Waals surface area contributed by atoms with Crippen LogP contribution in [0.1, 0.15) is 10.5 Å². The van der Waals surface area contributed by atoms with Crippen molar-refractivity contribution in [2.45, 2.75) is 0 Å².